The van der Waals surface area contributed by atoms with Gasteiger partial charge in [0, 0.05) is 30.3 Å². The molecule has 13 atom stereocenters. The van der Waals surface area contributed by atoms with Crippen molar-refractivity contribution in [3.63, 3.8) is 0 Å². The van der Waals surface area contributed by atoms with E-state index in [9.17, 15) is 24.6 Å². The molecule has 5 fully saturated rings. The SMILES string of the molecule is CC(=O)OC1C2OC2(C(C)C2CC(C)=C(C)C(=O)O2)C2(C)CCC3C(CC4OC45C(O)C=CC(=O)C35C)C12O. The predicted octanol–water partition coefficient (Wildman–Crippen LogP) is 2.17. The number of hydrogen-bond acceptors (Lipinski definition) is 9. The van der Waals surface area contributed by atoms with Crippen LogP contribution in [-0.4, -0.2) is 75.3 Å². The van der Waals surface area contributed by atoms with E-state index in [0.29, 0.717) is 31.3 Å². The van der Waals surface area contributed by atoms with Crippen molar-refractivity contribution in [2.75, 3.05) is 0 Å². The third-order valence-electron chi connectivity index (χ3n) is 12.5. The van der Waals surface area contributed by atoms with E-state index in [1.54, 1.807) is 6.92 Å². The first-order valence-corrected chi connectivity index (χ1v) is 14.2. The Kier molecular flexibility index (Phi) is 4.91. The summed E-state index contributed by atoms with van der Waals surface area (Å²) < 4.78 is 24.5. The number of carbonyl (C=O) groups excluding carboxylic acids is 3. The van der Waals surface area contributed by atoms with Gasteiger partial charge in [0.15, 0.2) is 11.9 Å². The standard InChI is InChI=1S/C30H38O9/c1-13-11-19(37-25(34)14(13)2)15(3)29-24(39-29)23(36-16(4)31)28(35)18-12-22-30(38-22)21(33)8-7-20(32)27(30,6)17(18)9-10-26(28,29)5/h7-8,15,17-19,21-24,33,35H,9-12H2,1-6H3. The van der Waals surface area contributed by atoms with E-state index in [4.69, 9.17) is 18.9 Å². The van der Waals surface area contributed by atoms with Gasteiger partial charge in [-0.25, -0.2) is 4.79 Å². The molecule has 2 saturated heterocycles. The van der Waals surface area contributed by atoms with Crippen molar-refractivity contribution < 1.29 is 43.5 Å². The zero-order valence-electron chi connectivity index (χ0n) is 23.4. The zero-order valence-corrected chi connectivity index (χ0v) is 23.4. The quantitative estimate of drug-likeness (QED) is 0.406. The summed E-state index contributed by atoms with van der Waals surface area (Å²) in [6, 6.07) is 0. The van der Waals surface area contributed by atoms with E-state index < -0.39 is 70.0 Å². The summed E-state index contributed by atoms with van der Waals surface area (Å²) in [5, 5.41) is 24.0. The van der Waals surface area contributed by atoms with E-state index in [2.05, 4.69) is 0 Å². The molecule has 3 heterocycles. The summed E-state index contributed by atoms with van der Waals surface area (Å²) in [6.45, 7) is 10.9. The molecule has 0 aromatic carbocycles. The number of cyclic esters (lactones) is 1. The van der Waals surface area contributed by atoms with E-state index in [0.717, 1.165) is 5.57 Å². The molecule has 1 spiro atoms. The number of epoxide rings is 2. The topological polar surface area (TPSA) is 135 Å². The first-order chi connectivity index (χ1) is 18.2. The van der Waals surface area contributed by atoms with Crippen molar-refractivity contribution in [1.29, 1.82) is 0 Å². The minimum atomic E-state index is -1.51. The Morgan fingerprint density at radius 3 is 2.56 bits per heavy atom. The van der Waals surface area contributed by atoms with E-state index in [-0.39, 0.29) is 23.6 Å². The maximum Gasteiger partial charge on any atom is 0.333 e. The van der Waals surface area contributed by atoms with Gasteiger partial charge in [-0.15, -0.1) is 0 Å². The smallest absolute Gasteiger partial charge is 0.333 e. The van der Waals surface area contributed by atoms with Crippen LogP contribution in [0.25, 0.3) is 0 Å². The average Bonchev–Trinajstić information content (AvgIpc) is 3.78. The number of rotatable bonds is 3. The van der Waals surface area contributed by atoms with Crippen LogP contribution in [-0.2, 0) is 33.3 Å². The third-order valence-corrected chi connectivity index (χ3v) is 12.5. The van der Waals surface area contributed by atoms with Crippen molar-refractivity contribution >= 4 is 17.7 Å². The molecule has 13 unspecified atom stereocenters. The van der Waals surface area contributed by atoms with Crippen LogP contribution in [0.3, 0.4) is 0 Å². The number of fused-ring (bicyclic) bond motifs is 6. The third kappa shape index (κ3) is 2.61. The summed E-state index contributed by atoms with van der Waals surface area (Å²) in [5.41, 5.74) is -3.64. The Hall–Kier alpha value is -2.07. The molecule has 39 heavy (non-hydrogen) atoms. The van der Waals surface area contributed by atoms with Crippen molar-refractivity contribution in [1.82, 2.24) is 0 Å². The molecule has 9 nitrogen and oxygen atoms in total. The fourth-order valence-corrected chi connectivity index (χ4v) is 10.3. The van der Waals surface area contributed by atoms with Crippen LogP contribution >= 0.6 is 0 Å². The van der Waals surface area contributed by atoms with Gasteiger partial charge in [-0.1, -0.05) is 19.4 Å². The molecule has 9 heteroatoms. The molecule has 0 amide bonds. The number of aliphatic hydroxyl groups is 2. The van der Waals surface area contributed by atoms with Crippen molar-refractivity contribution in [2.24, 2.45) is 28.6 Å². The van der Waals surface area contributed by atoms with Gasteiger partial charge in [0.1, 0.15) is 35.1 Å². The average molecular weight is 543 g/mol. The lowest BCUT2D eigenvalue weighted by molar-refractivity contribution is -0.262. The van der Waals surface area contributed by atoms with Crippen molar-refractivity contribution in [2.45, 2.75) is 115 Å². The molecule has 3 saturated carbocycles. The molecule has 0 bridgehead atoms. The number of esters is 2. The minimum Gasteiger partial charge on any atom is -0.458 e. The van der Waals surface area contributed by atoms with Crippen LogP contribution in [0.2, 0.25) is 0 Å². The molecule has 7 aliphatic rings. The number of allylic oxidation sites excluding steroid dienone is 1. The van der Waals surface area contributed by atoms with Gasteiger partial charge < -0.3 is 29.2 Å². The molecule has 4 aliphatic carbocycles. The number of carbonyl (C=O) groups is 3. The summed E-state index contributed by atoms with van der Waals surface area (Å²) in [4.78, 5) is 38.6. The Morgan fingerprint density at radius 1 is 1.18 bits per heavy atom. The maximum absolute atomic E-state index is 13.5. The highest BCUT2D eigenvalue weighted by Gasteiger charge is 2.92. The van der Waals surface area contributed by atoms with Crippen molar-refractivity contribution in [3.05, 3.63) is 23.3 Å². The molecule has 3 aliphatic heterocycles. The van der Waals surface area contributed by atoms with E-state index >= 15 is 0 Å². The monoisotopic (exact) mass is 542 g/mol. The highest BCUT2D eigenvalue weighted by molar-refractivity contribution is 5.98. The van der Waals surface area contributed by atoms with Gasteiger partial charge in [-0.2, -0.15) is 0 Å². The predicted molar refractivity (Wildman–Crippen MR) is 135 cm³/mol. The molecule has 0 aromatic heterocycles. The van der Waals surface area contributed by atoms with Crippen LogP contribution < -0.4 is 0 Å². The molecule has 0 radical (unpaired) electrons. The Labute approximate surface area is 227 Å². The first kappa shape index (κ1) is 25.9. The Balaban J connectivity index is 1.32. The number of hydrogen-bond donors (Lipinski definition) is 2. The zero-order chi connectivity index (χ0) is 28.1. The van der Waals surface area contributed by atoms with E-state index in [1.807, 2.05) is 27.7 Å². The van der Waals surface area contributed by atoms with Gasteiger partial charge in [0.25, 0.3) is 0 Å². The first-order valence-electron chi connectivity index (χ1n) is 14.2. The normalized spacial score (nSPS) is 55.4. The molecular formula is C30H38O9. The van der Waals surface area contributed by atoms with Gasteiger partial charge in [0.05, 0.1) is 11.5 Å². The Bertz CT molecular complexity index is 1270. The van der Waals surface area contributed by atoms with Gasteiger partial charge >= 0.3 is 11.9 Å². The molecule has 212 valence electrons. The van der Waals surface area contributed by atoms with Crippen LogP contribution in [0.5, 0.6) is 0 Å². The maximum atomic E-state index is 13.5. The van der Waals surface area contributed by atoms with Crippen molar-refractivity contribution in [3.8, 4) is 0 Å². The molecule has 7 rings (SSSR count). The number of ether oxygens (including phenoxy) is 4. The summed E-state index contributed by atoms with van der Waals surface area (Å²) >= 11 is 0. The number of aliphatic hydroxyl groups excluding tert-OH is 1. The van der Waals surface area contributed by atoms with E-state index in [1.165, 1.54) is 19.1 Å². The molecular weight excluding hydrogens is 504 g/mol. The fourth-order valence-electron chi connectivity index (χ4n) is 10.3. The van der Waals surface area contributed by atoms with Crippen LogP contribution in [0.1, 0.15) is 67.2 Å². The van der Waals surface area contributed by atoms with Gasteiger partial charge in [0.2, 0.25) is 0 Å². The fraction of sp³-hybridized carbons (Fsp3) is 0.767. The molecule has 2 N–H and O–H groups in total. The summed E-state index contributed by atoms with van der Waals surface area (Å²) in [6.07, 6.45) is 1.88. The lowest BCUT2D eigenvalue weighted by Crippen LogP contribution is -2.72. The number of ketones is 1. The second-order valence-electron chi connectivity index (χ2n) is 13.6. The molecule has 0 aromatic rings. The second-order valence-corrected chi connectivity index (χ2v) is 13.6. The largest absolute Gasteiger partial charge is 0.458 e. The van der Waals surface area contributed by atoms with Crippen LogP contribution in [0.4, 0.5) is 0 Å². The van der Waals surface area contributed by atoms with Gasteiger partial charge in [-0.3, -0.25) is 9.59 Å². The second kappa shape index (κ2) is 7.41. The Morgan fingerprint density at radius 2 is 1.90 bits per heavy atom. The summed E-state index contributed by atoms with van der Waals surface area (Å²) in [5.74, 6) is -1.94. The highest BCUT2D eigenvalue weighted by Crippen LogP contribution is 2.79. The lowest BCUT2D eigenvalue weighted by atomic mass is 9.42. The highest BCUT2D eigenvalue weighted by atomic mass is 16.7. The van der Waals surface area contributed by atoms with Gasteiger partial charge in [-0.05, 0) is 64.0 Å². The van der Waals surface area contributed by atoms with Crippen LogP contribution in [0.15, 0.2) is 23.3 Å². The van der Waals surface area contributed by atoms with Crippen LogP contribution in [0, 0.1) is 28.6 Å². The lowest BCUT2D eigenvalue weighted by Gasteiger charge is -2.62. The summed E-state index contributed by atoms with van der Waals surface area (Å²) in [7, 11) is 0. The minimum absolute atomic E-state index is 0.101.